The molecule has 0 saturated carbocycles. The van der Waals surface area contributed by atoms with Crippen LogP contribution in [0.5, 0.6) is 11.5 Å². The topological polar surface area (TPSA) is 128 Å². The zero-order valence-electron chi connectivity index (χ0n) is 24.3. The van der Waals surface area contributed by atoms with Crippen LogP contribution in [0.15, 0.2) is 53.5 Å². The number of nitrogens with zero attached hydrogens (tertiary/aromatic N) is 2. The number of ether oxygens (including phenoxy) is 2. The number of carbonyl (C=O) groups is 2. The minimum atomic E-state index is -0.658. The van der Waals surface area contributed by atoms with Crippen LogP contribution in [-0.4, -0.2) is 54.4 Å². The Labute approximate surface area is 247 Å². The molecule has 1 aromatic heterocycles. The van der Waals surface area contributed by atoms with Gasteiger partial charge in [-0.15, -0.1) is 0 Å². The summed E-state index contributed by atoms with van der Waals surface area (Å²) in [5.74, 6) is -0.573. The number of amides is 2. The number of carbonyl (C=O) groups excluding carboxylic acids is 2. The molecule has 3 aromatic carbocycles. The molecule has 224 valence electrons. The first kappa shape index (κ1) is 28.5. The van der Waals surface area contributed by atoms with Gasteiger partial charge in [-0.05, 0) is 69.1 Å². The molecule has 6 rings (SSSR count). The molecule has 4 aromatic rings. The van der Waals surface area contributed by atoms with Gasteiger partial charge in [-0.3, -0.25) is 9.59 Å². The third-order valence-electron chi connectivity index (χ3n) is 7.61. The van der Waals surface area contributed by atoms with Gasteiger partial charge >= 0.3 is 6.09 Å². The number of halogens is 1. The lowest BCUT2D eigenvalue weighted by molar-refractivity contribution is 0.0508. The fourth-order valence-electron chi connectivity index (χ4n) is 5.70. The second-order valence-electron chi connectivity index (χ2n) is 11.9. The smallest absolute Gasteiger partial charge is 0.407 e. The first-order chi connectivity index (χ1) is 20.5. The van der Waals surface area contributed by atoms with Crippen molar-refractivity contribution in [2.45, 2.75) is 45.3 Å². The molecule has 43 heavy (non-hydrogen) atoms. The van der Waals surface area contributed by atoms with Crippen molar-refractivity contribution in [1.82, 2.24) is 15.2 Å². The highest BCUT2D eigenvalue weighted by Crippen LogP contribution is 2.48. The summed E-state index contributed by atoms with van der Waals surface area (Å²) in [5, 5.41) is 7.49. The summed E-state index contributed by atoms with van der Waals surface area (Å²) in [6, 6.07) is 12.4. The molecule has 2 aliphatic rings. The number of nitrogens with one attached hydrogen (secondary N) is 2. The third-order valence-corrected chi connectivity index (χ3v) is 7.61. The number of aromatic nitrogens is 1. The molecule has 10 nitrogen and oxygen atoms in total. The van der Waals surface area contributed by atoms with Gasteiger partial charge in [0, 0.05) is 25.8 Å². The van der Waals surface area contributed by atoms with Crippen LogP contribution in [0.4, 0.5) is 14.9 Å². The second kappa shape index (κ2) is 10.9. The fourth-order valence-corrected chi connectivity index (χ4v) is 5.70. The molecule has 0 unspecified atom stereocenters. The van der Waals surface area contributed by atoms with Crippen LogP contribution in [0.3, 0.4) is 0 Å². The third kappa shape index (κ3) is 5.36. The van der Waals surface area contributed by atoms with E-state index >= 15 is 4.39 Å². The predicted molar refractivity (Wildman–Crippen MR) is 163 cm³/mol. The van der Waals surface area contributed by atoms with Gasteiger partial charge < -0.3 is 35.3 Å². The van der Waals surface area contributed by atoms with Crippen molar-refractivity contribution >= 4 is 39.4 Å². The second-order valence-corrected chi connectivity index (χ2v) is 11.9. The van der Waals surface area contributed by atoms with E-state index < -0.39 is 28.8 Å². The Balaban J connectivity index is 1.47. The summed E-state index contributed by atoms with van der Waals surface area (Å²) in [6.07, 6.45) is 2.08. The summed E-state index contributed by atoms with van der Waals surface area (Å²) < 4.78 is 29.6. The number of fused-ring (bicyclic) bond motifs is 3. The molecular weight excluding hydrogens is 553 g/mol. The summed E-state index contributed by atoms with van der Waals surface area (Å²) in [7, 11) is 0. The number of pyridine rings is 1. The van der Waals surface area contributed by atoms with E-state index in [0.29, 0.717) is 56.0 Å². The van der Waals surface area contributed by atoms with Crippen molar-refractivity contribution in [3.05, 3.63) is 70.3 Å². The maximum absolute atomic E-state index is 16.1. The van der Waals surface area contributed by atoms with Gasteiger partial charge in [0.1, 0.15) is 22.4 Å². The van der Waals surface area contributed by atoms with Crippen molar-refractivity contribution in [3.63, 3.8) is 0 Å². The molecule has 4 N–H and O–H groups in total. The highest BCUT2D eigenvalue weighted by Gasteiger charge is 2.34. The van der Waals surface area contributed by atoms with Crippen molar-refractivity contribution in [2.75, 3.05) is 31.1 Å². The number of benzene rings is 3. The van der Waals surface area contributed by atoms with E-state index in [1.165, 1.54) is 12.3 Å². The zero-order chi connectivity index (χ0) is 30.5. The molecule has 0 bridgehead atoms. The average Bonchev–Trinajstić information content (AvgIpc) is 3.39. The van der Waals surface area contributed by atoms with Crippen LogP contribution in [0.25, 0.3) is 27.4 Å². The van der Waals surface area contributed by atoms with Gasteiger partial charge in [0.2, 0.25) is 5.43 Å². The van der Waals surface area contributed by atoms with Crippen LogP contribution in [0.2, 0.25) is 0 Å². The monoisotopic (exact) mass is 587 g/mol. The summed E-state index contributed by atoms with van der Waals surface area (Å²) in [5.41, 5.74) is 5.39. The summed E-state index contributed by atoms with van der Waals surface area (Å²) >= 11 is 0. The molecule has 0 spiro atoms. The molecule has 0 aliphatic carbocycles. The van der Waals surface area contributed by atoms with Crippen LogP contribution in [0.1, 0.15) is 44.0 Å². The van der Waals surface area contributed by atoms with E-state index in [2.05, 4.69) is 10.6 Å². The molecule has 1 atom stereocenters. The first-order valence-electron chi connectivity index (χ1n) is 14.4. The maximum Gasteiger partial charge on any atom is 0.407 e. The Morgan fingerprint density at radius 1 is 1.16 bits per heavy atom. The van der Waals surface area contributed by atoms with Crippen LogP contribution >= 0.6 is 0 Å². The van der Waals surface area contributed by atoms with Crippen molar-refractivity contribution < 1.29 is 23.5 Å². The van der Waals surface area contributed by atoms with Gasteiger partial charge in [-0.2, -0.15) is 0 Å². The molecular formula is C32H34FN5O5. The van der Waals surface area contributed by atoms with E-state index in [4.69, 9.17) is 15.2 Å². The minimum absolute atomic E-state index is 0.0316. The Kier molecular flexibility index (Phi) is 7.21. The molecule has 1 fully saturated rings. The van der Waals surface area contributed by atoms with E-state index in [0.717, 1.165) is 10.8 Å². The Hall–Kier alpha value is -4.64. The average molecular weight is 588 g/mol. The Bertz CT molecular complexity index is 1830. The van der Waals surface area contributed by atoms with Gasteiger partial charge in [0.05, 0.1) is 17.1 Å². The van der Waals surface area contributed by atoms with Crippen LogP contribution in [-0.2, 0) is 4.74 Å². The Morgan fingerprint density at radius 3 is 2.63 bits per heavy atom. The highest BCUT2D eigenvalue weighted by atomic mass is 19.1. The minimum Gasteiger partial charge on any atom is -0.451 e. The number of alkyl carbamates (subject to hydrolysis) is 1. The summed E-state index contributed by atoms with van der Waals surface area (Å²) in [4.78, 5) is 41.0. The number of rotatable bonds is 6. The number of hydrogen-bond acceptors (Lipinski definition) is 7. The normalized spacial score (nSPS) is 15.7. The highest BCUT2D eigenvalue weighted by molar-refractivity contribution is 6.02. The summed E-state index contributed by atoms with van der Waals surface area (Å²) in [6.45, 7) is 6.82. The first-order valence-corrected chi connectivity index (χ1v) is 14.4. The van der Waals surface area contributed by atoms with Gasteiger partial charge in [-0.25, -0.2) is 9.18 Å². The fraction of sp³-hybridized carbons (Fsp3) is 0.344. The largest absolute Gasteiger partial charge is 0.451 e. The molecule has 0 radical (unpaired) electrons. The van der Waals surface area contributed by atoms with Crippen molar-refractivity contribution in [1.29, 1.82) is 0 Å². The molecule has 2 amide bonds. The molecule has 3 heterocycles. The van der Waals surface area contributed by atoms with Gasteiger partial charge in [0.15, 0.2) is 17.3 Å². The lowest BCUT2D eigenvalue weighted by Gasteiger charge is -2.29. The standard InChI is InChI=1S/C32H34FN5O5/c1-32(2,3)43-31(41)36-20-9-12-37(16-20)27-23(33)15-21-26-29(27)42-25-14-19-8-5-4-7-18(19)13-24(25)38(26)17-22(28(21)39)30(40)35-11-6-10-34/h4-5,7-8,13-15,17,20H,6,9-12,16,34H2,1-3H3,(H,35,40)(H,36,41)/t20-/m1/s1. The lowest BCUT2D eigenvalue weighted by Crippen LogP contribution is -2.40. The van der Waals surface area contributed by atoms with Gasteiger partial charge in [-0.1, -0.05) is 24.3 Å². The van der Waals surface area contributed by atoms with Crippen LogP contribution < -0.4 is 31.4 Å². The molecule has 11 heteroatoms. The zero-order valence-corrected chi connectivity index (χ0v) is 24.3. The molecule has 1 saturated heterocycles. The van der Waals surface area contributed by atoms with E-state index in [9.17, 15) is 14.4 Å². The SMILES string of the molecule is CC(C)(C)OC(=O)N[C@@H]1CCN(c2c(F)cc3c(=O)c(C(=O)NCCCN)cn4c3c2Oc2cc3ccccc3cc2-4)C1. The van der Waals surface area contributed by atoms with E-state index in [1.54, 1.807) is 30.2 Å². The Morgan fingerprint density at radius 2 is 1.91 bits per heavy atom. The van der Waals surface area contributed by atoms with Gasteiger partial charge in [0.25, 0.3) is 5.91 Å². The number of nitrogens with two attached hydrogens (primary N) is 1. The number of anilines is 1. The molecule has 2 aliphatic heterocycles. The quantitative estimate of drug-likeness (QED) is 0.248. The van der Waals surface area contributed by atoms with Crippen molar-refractivity contribution in [3.8, 4) is 17.2 Å². The van der Waals surface area contributed by atoms with Crippen molar-refractivity contribution in [2.24, 2.45) is 5.73 Å². The van der Waals surface area contributed by atoms with Crippen LogP contribution in [0, 0.1) is 5.82 Å². The number of hydrogen-bond donors (Lipinski definition) is 3. The van der Waals surface area contributed by atoms with E-state index in [1.807, 2.05) is 36.4 Å². The maximum atomic E-state index is 16.1. The van der Waals surface area contributed by atoms with E-state index in [-0.39, 0.29) is 28.4 Å². The lowest BCUT2D eigenvalue weighted by atomic mass is 10.0. The predicted octanol–water partition coefficient (Wildman–Crippen LogP) is 4.57.